The van der Waals surface area contributed by atoms with Crippen LogP contribution >= 0.6 is 0 Å². The fourth-order valence-corrected chi connectivity index (χ4v) is 4.01. The number of aliphatic hydroxyl groups is 1. The maximum atomic E-state index is 12.9. The highest BCUT2D eigenvalue weighted by atomic mass is 16.5. The smallest absolute Gasteiger partial charge is 0.276 e. The lowest BCUT2D eigenvalue weighted by Gasteiger charge is -2.29. The van der Waals surface area contributed by atoms with Crippen LogP contribution in [0.4, 0.5) is 17.3 Å². The molecule has 3 heterocycles. The first-order valence-corrected chi connectivity index (χ1v) is 12.3. The first-order valence-electron chi connectivity index (χ1n) is 12.3. The van der Waals surface area contributed by atoms with Gasteiger partial charge in [0.05, 0.1) is 26.0 Å². The molecule has 36 heavy (non-hydrogen) atoms. The molecule has 1 atom stereocenters. The van der Waals surface area contributed by atoms with Crippen molar-refractivity contribution in [3.8, 4) is 11.1 Å². The fourth-order valence-electron chi connectivity index (χ4n) is 4.01. The lowest BCUT2D eigenvalue weighted by atomic mass is 10.00. The number of pyridine rings is 1. The van der Waals surface area contributed by atoms with Gasteiger partial charge in [-0.05, 0) is 72.4 Å². The van der Waals surface area contributed by atoms with Crippen molar-refractivity contribution in [1.29, 1.82) is 0 Å². The molecule has 0 unspecified atom stereocenters. The summed E-state index contributed by atoms with van der Waals surface area (Å²) in [7, 11) is 0. The molecule has 0 radical (unpaired) electrons. The number of hydrogen-bond acceptors (Lipinski definition) is 8. The predicted octanol–water partition coefficient (Wildman–Crippen LogP) is 3.85. The topological polar surface area (TPSA) is 112 Å². The SMILES string of the molecule is Cc1ccc(NC(=O)c2cc(C(C)C)cnn2)cc1-c1cc(N[C@H](C)CO)nc(N2CCOCC2)c1. The molecular weight excluding hydrogens is 456 g/mol. The third kappa shape index (κ3) is 6.16. The van der Waals surface area contributed by atoms with Crippen LogP contribution in [0.2, 0.25) is 0 Å². The second-order valence-electron chi connectivity index (χ2n) is 9.44. The number of aliphatic hydroxyl groups excluding tert-OH is 1. The third-order valence-corrected chi connectivity index (χ3v) is 6.20. The van der Waals surface area contributed by atoms with E-state index in [9.17, 15) is 9.90 Å². The van der Waals surface area contributed by atoms with Gasteiger partial charge < -0.3 is 25.4 Å². The average molecular weight is 491 g/mol. The monoisotopic (exact) mass is 490 g/mol. The summed E-state index contributed by atoms with van der Waals surface area (Å²) in [6.07, 6.45) is 1.68. The van der Waals surface area contributed by atoms with Crippen LogP contribution in [0, 0.1) is 6.92 Å². The van der Waals surface area contributed by atoms with Gasteiger partial charge in [0.25, 0.3) is 5.91 Å². The van der Waals surface area contributed by atoms with E-state index in [1.54, 1.807) is 12.3 Å². The fraction of sp³-hybridized carbons (Fsp3) is 0.407. The minimum Gasteiger partial charge on any atom is -0.394 e. The van der Waals surface area contributed by atoms with Crippen molar-refractivity contribution in [2.24, 2.45) is 0 Å². The van der Waals surface area contributed by atoms with Gasteiger partial charge in [0.1, 0.15) is 11.6 Å². The molecule has 1 fully saturated rings. The molecule has 1 saturated heterocycles. The van der Waals surface area contributed by atoms with Gasteiger partial charge in [-0.25, -0.2) is 4.98 Å². The van der Waals surface area contributed by atoms with E-state index in [0.717, 1.165) is 41.2 Å². The highest BCUT2D eigenvalue weighted by Crippen LogP contribution is 2.32. The van der Waals surface area contributed by atoms with Gasteiger partial charge in [0.2, 0.25) is 0 Å². The molecule has 0 spiro atoms. The minimum absolute atomic E-state index is 0.000240. The Labute approximate surface area is 211 Å². The largest absolute Gasteiger partial charge is 0.394 e. The Morgan fingerprint density at radius 1 is 1.14 bits per heavy atom. The molecule has 1 amide bonds. The van der Waals surface area contributed by atoms with Gasteiger partial charge >= 0.3 is 0 Å². The molecule has 1 aliphatic rings. The van der Waals surface area contributed by atoms with Crippen molar-refractivity contribution in [3.63, 3.8) is 0 Å². The molecule has 3 aromatic rings. The van der Waals surface area contributed by atoms with E-state index in [1.807, 2.05) is 38.1 Å². The van der Waals surface area contributed by atoms with Crippen molar-refractivity contribution < 1.29 is 14.6 Å². The van der Waals surface area contributed by atoms with Crippen molar-refractivity contribution >= 4 is 23.2 Å². The Morgan fingerprint density at radius 3 is 2.64 bits per heavy atom. The predicted molar refractivity (Wildman–Crippen MR) is 142 cm³/mol. The number of hydrogen-bond donors (Lipinski definition) is 3. The number of carbonyl (C=O) groups excluding carboxylic acids is 1. The number of amides is 1. The van der Waals surface area contributed by atoms with E-state index in [-0.39, 0.29) is 30.2 Å². The summed E-state index contributed by atoms with van der Waals surface area (Å²) >= 11 is 0. The molecule has 4 rings (SSSR count). The number of anilines is 3. The molecule has 190 valence electrons. The summed E-state index contributed by atoms with van der Waals surface area (Å²) in [4.78, 5) is 19.9. The van der Waals surface area contributed by atoms with Crippen LogP contribution < -0.4 is 15.5 Å². The Bertz CT molecular complexity index is 1210. The third-order valence-electron chi connectivity index (χ3n) is 6.20. The van der Waals surface area contributed by atoms with Gasteiger partial charge in [-0.1, -0.05) is 19.9 Å². The van der Waals surface area contributed by atoms with Crippen LogP contribution in [0.1, 0.15) is 48.3 Å². The minimum atomic E-state index is -0.303. The van der Waals surface area contributed by atoms with E-state index in [0.29, 0.717) is 24.7 Å². The molecular formula is C27H34N6O3. The normalized spacial score (nSPS) is 14.6. The van der Waals surface area contributed by atoms with Gasteiger partial charge in [-0.2, -0.15) is 5.10 Å². The zero-order chi connectivity index (χ0) is 25.7. The first-order chi connectivity index (χ1) is 17.3. The van der Waals surface area contributed by atoms with Gasteiger partial charge in [0.15, 0.2) is 5.69 Å². The Balaban J connectivity index is 1.66. The average Bonchev–Trinajstić information content (AvgIpc) is 2.90. The van der Waals surface area contributed by atoms with E-state index >= 15 is 0 Å². The molecule has 0 bridgehead atoms. The van der Waals surface area contributed by atoms with Crippen LogP contribution in [-0.4, -0.2) is 65.1 Å². The van der Waals surface area contributed by atoms with Gasteiger partial charge in [-0.15, -0.1) is 5.10 Å². The van der Waals surface area contributed by atoms with Crippen molar-refractivity contribution in [2.45, 2.75) is 39.7 Å². The highest BCUT2D eigenvalue weighted by molar-refractivity contribution is 6.03. The lowest BCUT2D eigenvalue weighted by molar-refractivity contribution is 0.102. The standard InChI is InChI=1S/C27H34N6O3/c1-17(2)21-11-24(32-28-15-21)27(35)30-22-6-5-18(3)23(14-22)20-12-25(29-19(4)16-34)31-26(13-20)33-7-9-36-10-8-33/h5-6,11-15,17,19,34H,7-10,16H2,1-4H3,(H,29,31)(H,30,35)/t19-/m1/s1. The van der Waals surface area contributed by atoms with Crippen molar-refractivity contribution in [3.05, 3.63) is 59.4 Å². The molecule has 1 aromatic carbocycles. The number of nitrogens with zero attached hydrogens (tertiary/aromatic N) is 4. The molecule has 1 aliphatic heterocycles. The number of aromatic nitrogens is 3. The molecule has 3 N–H and O–H groups in total. The second-order valence-corrected chi connectivity index (χ2v) is 9.44. The quantitative estimate of drug-likeness (QED) is 0.437. The summed E-state index contributed by atoms with van der Waals surface area (Å²) in [6.45, 7) is 10.9. The first kappa shape index (κ1) is 25.5. The van der Waals surface area contributed by atoms with Crippen LogP contribution in [-0.2, 0) is 4.74 Å². The summed E-state index contributed by atoms with van der Waals surface area (Å²) in [6, 6.07) is 11.5. The van der Waals surface area contributed by atoms with E-state index in [2.05, 4.69) is 45.6 Å². The maximum Gasteiger partial charge on any atom is 0.276 e. The highest BCUT2D eigenvalue weighted by Gasteiger charge is 2.17. The zero-order valence-corrected chi connectivity index (χ0v) is 21.3. The zero-order valence-electron chi connectivity index (χ0n) is 21.3. The Hall–Kier alpha value is -3.56. The summed E-state index contributed by atoms with van der Waals surface area (Å²) in [5.74, 6) is 1.48. The molecule has 2 aromatic heterocycles. The second kappa shape index (κ2) is 11.5. The summed E-state index contributed by atoms with van der Waals surface area (Å²) in [5.41, 5.74) is 4.92. The maximum absolute atomic E-state index is 12.9. The van der Waals surface area contributed by atoms with Crippen molar-refractivity contribution in [1.82, 2.24) is 15.2 Å². The Kier molecular flexibility index (Phi) is 8.12. The van der Waals surface area contributed by atoms with Crippen LogP contribution in [0.3, 0.4) is 0 Å². The molecule has 0 saturated carbocycles. The number of aryl methyl sites for hydroxylation is 1. The molecule has 9 heteroatoms. The summed E-state index contributed by atoms with van der Waals surface area (Å²) < 4.78 is 5.51. The summed E-state index contributed by atoms with van der Waals surface area (Å²) in [5, 5.41) is 23.8. The lowest BCUT2D eigenvalue weighted by Crippen LogP contribution is -2.37. The molecule has 9 nitrogen and oxygen atoms in total. The number of ether oxygens (including phenoxy) is 1. The van der Waals surface area contributed by atoms with Gasteiger partial charge in [0, 0.05) is 24.8 Å². The van der Waals surface area contributed by atoms with Crippen LogP contribution in [0.5, 0.6) is 0 Å². The van der Waals surface area contributed by atoms with Crippen LogP contribution in [0.25, 0.3) is 11.1 Å². The molecule has 0 aliphatic carbocycles. The van der Waals surface area contributed by atoms with E-state index in [4.69, 9.17) is 9.72 Å². The number of carbonyl (C=O) groups is 1. The van der Waals surface area contributed by atoms with E-state index in [1.165, 1.54) is 0 Å². The Morgan fingerprint density at radius 2 is 1.92 bits per heavy atom. The van der Waals surface area contributed by atoms with Gasteiger partial charge in [-0.3, -0.25) is 4.79 Å². The number of rotatable bonds is 8. The van der Waals surface area contributed by atoms with Crippen LogP contribution in [0.15, 0.2) is 42.6 Å². The number of benzene rings is 1. The number of nitrogens with one attached hydrogen (secondary N) is 2. The van der Waals surface area contributed by atoms with E-state index < -0.39 is 0 Å². The van der Waals surface area contributed by atoms with Crippen molar-refractivity contribution in [2.75, 3.05) is 48.4 Å². The number of morpholine rings is 1.